The summed E-state index contributed by atoms with van der Waals surface area (Å²) >= 11 is 0. The van der Waals surface area contributed by atoms with E-state index in [0.717, 1.165) is 63.3 Å². The Balaban J connectivity index is 1.29. The van der Waals surface area contributed by atoms with Gasteiger partial charge >= 0.3 is 0 Å². The highest BCUT2D eigenvalue weighted by Gasteiger charge is 2.33. The third kappa shape index (κ3) is 5.50. The molecule has 8 heteroatoms. The van der Waals surface area contributed by atoms with Gasteiger partial charge in [-0.2, -0.15) is 0 Å². The molecule has 1 atom stereocenters. The minimum Gasteiger partial charge on any atom is -0.399 e. The quantitative estimate of drug-likeness (QED) is 0.537. The molecular weight excluding hydrogens is 416 g/mol. The van der Waals surface area contributed by atoms with Gasteiger partial charge in [-0.15, -0.1) is 0 Å². The molecule has 0 spiro atoms. The molecule has 4 heterocycles. The van der Waals surface area contributed by atoms with E-state index in [1.807, 2.05) is 35.2 Å². The van der Waals surface area contributed by atoms with E-state index in [0.29, 0.717) is 11.7 Å². The normalized spacial score (nSPS) is 19.9. The summed E-state index contributed by atoms with van der Waals surface area (Å²) in [5.41, 5.74) is 8.76. The number of rotatable bonds is 6. The summed E-state index contributed by atoms with van der Waals surface area (Å²) in [6.45, 7) is 5.54. The summed E-state index contributed by atoms with van der Waals surface area (Å²) < 4.78 is 0. The van der Waals surface area contributed by atoms with Crippen LogP contribution in [0.1, 0.15) is 49.9 Å². The first-order chi connectivity index (χ1) is 16.1. The summed E-state index contributed by atoms with van der Waals surface area (Å²) in [6, 6.07) is 10.1. The zero-order valence-electron chi connectivity index (χ0n) is 19.6. The van der Waals surface area contributed by atoms with Crippen LogP contribution in [0.2, 0.25) is 0 Å². The fraction of sp³-hybridized carbons (Fsp3) is 0.520. The number of hydrogen-bond donors (Lipinski definition) is 1. The molecule has 2 aliphatic rings. The number of piperidine rings is 2. The molecule has 0 unspecified atom stereocenters. The Hall–Kier alpha value is -3.00. The predicted molar refractivity (Wildman–Crippen MR) is 128 cm³/mol. The van der Waals surface area contributed by atoms with Crippen LogP contribution >= 0.6 is 0 Å². The Morgan fingerprint density at radius 1 is 1.06 bits per heavy atom. The van der Waals surface area contributed by atoms with Crippen molar-refractivity contribution in [2.75, 3.05) is 39.0 Å². The average molecular weight is 451 g/mol. The fourth-order valence-electron chi connectivity index (χ4n) is 5.04. The number of pyridine rings is 2. The number of carbonyl (C=O) groups is 1. The smallest absolute Gasteiger partial charge is 0.225 e. The number of oxime groups is 1. The van der Waals surface area contributed by atoms with Gasteiger partial charge in [-0.05, 0) is 75.5 Å². The van der Waals surface area contributed by atoms with E-state index in [-0.39, 0.29) is 17.9 Å². The predicted octanol–water partition coefficient (Wildman–Crippen LogP) is 3.12. The van der Waals surface area contributed by atoms with Crippen molar-refractivity contribution < 1.29 is 9.63 Å². The Labute approximate surface area is 195 Å². The topological polar surface area (TPSA) is 96.9 Å². The van der Waals surface area contributed by atoms with Crippen LogP contribution in [-0.2, 0) is 9.63 Å². The summed E-state index contributed by atoms with van der Waals surface area (Å²) in [5.74, 6) is 1.21. The average Bonchev–Trinajstić information content (AvgIpc) is 2.87. The number of carbonyl (C=O) groups excluding carboxylic acids is 1. The number of nitrogens with zero attached hydrogens (tertiary/aromatic N) is 5. The number of aromatic nitrogens is 2. The second-order valence-electron chi connectivity index (χ2n) is 8.97. The van der Waals surface area contributed by atoms with Gasteiger partial charge in [0.05, 0.1) is 5.69 Å². The molecule has 176 valence electrons. The van der Waals surface area contributed by atoms with Crippen molar-refractivity contribution in [1.29, 1.82) is 0 Å². The summed E-state index contributed by atoms with van der Waals surface area (Å²) in [6.07, 6.45) is 7.09. The van der Waals surface area contributed by atoms with Crippen LogP contribution in [-0.4, -0.2) is 64.7 Å². The number of likely N-dealkylation sites (tertiary alicyclic amines) is 2. The van der Waals surface area contributed by atoms with E-state index in [1.54, 1.807) is 19.5 Å². The van der Waals surface area contributed by atoms with Gasteiger partial charge in [-0.1, -0.05) is 11.2 Å². The van der Waals surface area contributed by atoms with Crippen molar-refractivity contribution in [3.05, 3.63) is 54.0 Å². The molecule has 4 rings (SSSR count). The Bertz CT molecular complexity index is 950. The third-order valence-electron chi connectivity index (χ3n) is 7.02. The zero-order valence-corrected chi connectivity index (χ0v) is 19.6. The van der Waals surface area contributed by atoms with Gasteiger partial charge in [0.15, 0.2) is 0 Å². The molecule has 0 radical (unpaired) electrons. The molecule has 2 aromatic rings. The van der Waals surface area contributed by atoms with Gasteiger partial charge < -0.3 is 15.5 Å². The second-order valence-corrected chi connectivity index (χ2v) is 8.97. The van der Waals surface area contributed by atoms with Crippen LogP contribution < -0.4 is 5.73 Å². The molecule has 0 saturated carbocycles. The molecule has 0 bridgehead atoms. The van der Waals surface area contributed by atoms with Crippen molar-refractivity contribution >= 4 is 17.4 Å². The molecule has 2 fully saturated rings. The molecule has 2 saturated heterocycles. The van der Waals surface area contributed by atoms with Crippen LogP contribution in [0.5, 0.6) is 0 Å². The lowest BCUT2D eigenvalue weighted by Crippen LogP contribution is -2.46. The van der Waals surface area contributed by atoms with Crippen LogP contribution in [0.3, 0.4) is 0 Å². The van der Waals surface area contributed by atoms with E-state index >= 15 is 0 Å². The number of hydrogen-bond acceptors (Lipinski definition) is 7. The summed E-state index contributed by atoms with van der Waals surface area (Å²) in [5, 5.41) is 4.27. The Morgan fingerprint density at radius 2 is 1.79 bits per heavy atom. The van der Waals surface area contributed by atoms with E-state index in [9.17, 15) is 4.79 Å². The zero-order chi connectivity index (χ0) is 23.2. The fourth-order valence-corrected chi connectivity index (χ4v) is 5.04. The lowest BCUT2D eigenvalue weighted by Gasteiger charge is -2.39. The maximum Gasteiger partial charge on any atom is 0.225 e. The van der Waals surface area contributed by atoms with Gasteiger partial charge in [0.2, 0.25) is 5.91 Å². The van der Waals surface area contributed by atoms with Crippen molar-refractivity contribution in [2.24, 2.45) is 17.0 Å². The molecule has 33 heavy (non-hydrogen) atoms. The third-order valence-corrected chi connectivity index (χ3v) is 7.02. The van der Waals surface area contributed by atoms with Gasteiger partial charge in [0.25, 0.3) is 0 Å². The Kier molecular flexibility index (Phi) is 7.54. The van der Waals surface area contributed by atoms with Gasteiger partial charge in [0.1, 0.15) is 18.6 Å². The first kappa shape index (κ1) is 23.2. The second kappa shape index (κ2) is 10.7. The van der Waals surface area contributed by atoms with Gasteiger partial charge in [-0.25, -0.2) is 4.98 Å². The first-order valence-corrected chi connectivity index (χ1v) is 11.8. The van der Waals surface area contributed by atoms with Crippen molar-refractivity contribution in [2.45, 2.75) is 38.6 Å². The van der Waals surface area contributed by atoms with Crippen LogP contribution in [0.25, 0.3) is 0 Å². The van der Waals surface area contributed by atoms with Crippen LogP contribution in [0.4, 0.5) is 5.82 Å². The highest BCUT2D eigenvalue weighted by Crippen LogP contribution is 2.29. The van der Waals surface area contributed by atoms with E-state index in [2.05, 4.69) is 26.9 Å². The van der Waals surface area contributed by atoms with E-state index in [4.69, 9.17) is 10.6 Å². The number of amides is 1. The molecule has 2 aliphatic heterocycles. The van der Waals surface area contributed by atoms with Gasteiger partial charge in [0, 0.05) is 43.4 Å². The SMILES string of the molecule is CON=C(c1ccccn1)C1CCN(C(=O)C2CCN([C@@H](C)c3ccnc(N)c3)CC2)CC1. The number of nitrogens with two attached hydrogens (primary N) is 1. The molecule has 1 amide bonds. The van der Waals surface area contributed by atoms with Crippen LogP contribution in [0, 0.1) is 11.8 Å². The van der Waals surface area contributed by atoms with Crippen molar-refractivity contribution in [3.63, 3.8) is 0 Å². The highest BCUT2D eigenvalue weighted by molar-refractivity contribution is 6.00. The van der Waals surface area contributed by atoms with Crippen LogP contribution in [0.15, 0.2) is 47.9 Å². The largest absolute Gasteiger partial charge is 0.399 e. The molecule has 8 nitrogen and oxygen atoms in total. The standard InChI is InChI=1S/C25H34N6O2/c1-18(21-6-12-28-23(26)17-21)30-13-9-20(10-14-30)25(32)31-15-7-19(8-16-31)24(29-33-2)22-5-3-4-11-27-22/h3-6,11-12,17-20H,7-10,13-16H2,1-2H3,(H2,26,28)/t18-/m0/s1. The highest BCUT2D eigenvalue weighted by atomic mass is 16.6. The van der Waals surface area contributed by atoms with Crippen molar-refractivity contribution in [3.8, 4) is 0 Å². The minimum atomic E-state index is 0.107. The summed E-state index contributed by atoms with van der Waals surface area (Å²) in [4.78, 5) is 31.3. The monoisotopic (exact) mass is 450 g/mol. The maximum atomic E-state index is 13.2. The maximum absolute atomic E-state index is 13.2. The lowest BCUT2D eigenvalue weighted by atomic mass is 9.88. The number of anilines is 1. The van der Waals surface area contributed by atoms with E-state index in [1.165, 1.54) is 5.56 Å². The lowest BCUT2D eigenvalue weighted by molar-refractivity contribution is -0.138. The van der Waals surface area contributed by atoms with Gasteiger partial charge in [-0.3, -0.25) is 14.7 Å². The molecule has 2 aromatic heterocycles. The molecular formula is C25H34N6O2. The Morgan fingerprint density at radius 3 is 2.42 bits per heavy atom. The summed E-state index contributed by atoms with van der Waals surface area (Å²) in [7, 11) is 1.57. The van der Waals surface area contributed by atoms with Crippen molar-refractivity contribution in [1.82, 2.24) is 19.8 Å². The minimum absolute atomic E-state index is 0.107. The molecule has 0 aliphatic carbocycles. The molecule has 0 aromatic carbocycles. The number of nitrogen functional groups attached to an aromatic ring is 1. The first-order valence-electron chi connectivity index (χ1n) is 11.8. The van der Waals surface area contributed by atoms with E-state index < -0.39 is 0 Å². The molecule has 2 N–H and O–H groups in total.